The van der Waals surface area contributed by atoms with E-state index in [1.165, 1.54) is 17.9 Å². The van der Waals surface area contributed by atoms with Gasteiger partial charge in [-0.05, 0) is 18.6 Å². The van der Waals surface area contributed by atoms with E-state index in [9.17, 15) is 4.79 Å². The molecule has 8 nitrogen and oxygen atoms in total. The first kappa shape index (κ1) is 15.8. The van der Waals surface area contributed by atoms with E-state index in [4.69, 9.17) is 10.6 Å². The van der Waals surface area contributed by atoms with Gasteiger partial charge in [-0.15, -0.1) is 0 Å². The predicted octanol–water partition coefficient (Wildman–Crippen LogP) is 2.03. The van der Waals surface area contributed by atoms with Crippen molar-refractivity contribution in [3.05, 3.63) is 53.9 Å². The number of hydrogen-bond acceptors (Lipinski definition) is 6. The molecule has 0 aliphatic rings. The zero-order valence-corrected chi connectivity index (χ0v) is 12.9. The summed E-state index contributed by atoms with van der Waals surface area (Å²) in [5.41, 5.74) is 3.60. The van der Waals surface area contributed by atoms with Crippen LogP contribution in [0.25, 0.3) is 11.0 Å². The van der Waals surface area contributed by atoms with Crippen LogP contribution in [0.15, 0.2) is 36.7 Å². The maximum Gasteiger partial charge on any atom is 0.277 e. The molecular formula is C16H16N6O2. The number of nitrogens with zero attached hydrogens (tertiary/aromatic N) is 3. The average Bonchev–Trinajstić information content (AvgIpc) is 3.05. The Morgan fingerprint density at radius 2 is 2.04 bits per heavy atom. The molecule has 24 heavy (non-hydrogen) atoms. The van der Waals surface area contributed by atoms with Crippen molar-refractivity contribution >= 4 is 22.7 Å². The predicted molar refractivity (Wildman–Crippen MR) is 87.2 cm³/mol. The first-order valence-corrected chi connectivity index (χ1v) is 7.44. The molecule has 0 radical (unpaired) electrons. The van der Waals surface area contributed by atoms with Crippen LogP contribution >= 0.6 is 0 Å². The molecule has 3 rings (SSSR count). The molecular weight excluding hydrogens is 308 g/mol. The van der Waals surface area contributed by atoms with Crippen molar-refractivity contribution in [2.45, 2.75) is 19.3 Å². The van der Waals surface area contributed by atoms with E-state index in [2.05, 4.69) is 19.9 Å². The molecule has 3 aromatic rings. The number of imidazole rings is 1. The van der Waals surface area contributed by atoms with Crippen LogP contribution in [-0.4, -0.2) is 36.8 Å². The van der Waals surface area contributed by atoms with Gasteiger partial charge in [-0.3, -0.25) is 10.0 Å². The molecule has 0 saturated carbocycles. The summed E-state index contributed by atoms with van der Waals surface area (Å²) >= 11 is 0. The number of fused-ring (bicyclic) bond motifs is 1. The second kappa shape index (κ2) is 6.55. The molecule has 0 saturated heterocycles. The molecule has 0 spiro atoms. The summed E-state index contributed by atoms with van der Waals surface area (Å²) in [7, 11) is 0. The molecule has 8 heteroatoms. The standard InChI is InChI=1S/C16H16N6O2/c1-2-10(14-20-11-5-3-4-6-12(11)21-14)13(17)15-18-7-9(8-19-15)16(23)22-24/h3-8,10,17,24H,2H2,1H3,(H,20,21)(H,22,23)/t10-/m0/s1. The Kier molecular flexibility index (Phi) is 4.30. The monoisotopic (exact) mass is 324 g/mol. The summed E-state index contributed by atoms with van der Waals surface area (Å²) in [4.78, 5) is 27.2. The maximum absolute atomic E-state index is 11.3. The highest BCUT2D eigenvalue weighted by molar-refractivity contribution is 6.00. The van der Waals surface area contributed by atoms with Crippen LogP contribution in [0.3, 0.4) is 0 Å². The molecule has 0 unspecified atom stereocenters. The van der Waals surface area contributed by atoms with Gasteiger partial charge in [-0.25, -0.2) is 20.4 Å². The van der Waals surface area contributed by atoms with Crippen molar-refractivity contribution < 1.29 is 10.0 Å². The number of para-hydroxylation sites is 2. The summed E-state index contributed by atoms with van der Waals surface area (Å²) in [5.74, 6) is -0.0754. The summed E-state index contributed by atoms with van der Waals surface area (Å²) in [5, 5.41) is 17.0. The lowest BCUT2D eigenvalue weighted by Gasteiger charge is -2.12. The summed E-state index contributed by atoms with van der Waals surface area (Å²) in [6, 6.07) is 7.67. The Bertz CT molecular complexity index is 854. The first-order chi connectivity index (χ1) is 11.6. The lowest BCUT2D eigenvalue weighted by atomic mass is 9.99. The molecule has 0 aliphatic carbocycles. The SMILES string of the molecule is CC[C@@H](C(=N)c1ncc(C(=O)NO)cn1)c1nc2ccccc2[nH]1. The van der Waals surface area contributed by atoms with Crippen molar-refractivity contribution in [2.24, 2.45) is 0 Å². The lowest BCUT2D eigenvalue weighted by molar-refractivity contribution is 0.0705. The topological polar surface area (TPSA) is 128 Å². The summed E-state index contributed by atoms with van der Waals surface area (Å²) in [6.45, 7) is 1.96. The van der Waals surface area contributed by atoms with Gasteiger partial charge in [0.1, 0.15) is 5.82 Å². The van der Waals surface area contributed by atoms with Gasteiger partial charge >= 0.3 is 0 Å². The second-order valence-electron chi connectivity index (χ2n) is 5.25. The fourth-order valence-corrected chi connectivity index (χ4v) is 2.48. The number of benzene rings is 1. The van der Waals surface area contributed by atoms with Gasteiger partial charge in [0.15, 0.2) is 5.82 Å². The Morgan fingerprint density at radius 1 is 1.33 bits per heavy atom. The third kappa shape index (κ3) is 2.86. The highest BCUT2D eigenvalue weighted by Crippen LogP contribution is 2.23. The molecule has 0 fully saturated rings. The number of aromatic nitrogens is 4. The van der Waals surface area contributed by atoms with Gasteiger partial charge in [0.2, 0.25) is 0 Å². The molecule has 1 aromatic carbocycles. The third-order valence-electron chi connectivity index (χ3n) is 3.75. The largest absolute Gasteiger partial charge is 0.341 e. The van der Waals surface area contributed by atoms with Gasteiger partial charge in [-0.1, -0.05) is 19.1 Å². The number of hydroxylamine groups is 1. The Morgan fingerprint density at radius 3 is 2.67 bits per heavy atom. The number of nitrogens with one attached hydrogen (secondary N) is 3. The molecule has 0 bridgehead atoms. The number of H-pyrrole nitrogens is 1. The highest BCUT2D eigenvalue weighted by Gasteiger charge is 2.22. The normalized spacial score (nSPS) is 12.1. The molecule has 4 N–H and O–H groups in total. The molecule has 1 atom stereocenters. The lowest BCUT2D eigenvalue weighted by Crippen LogP contribution is -2.21. The molecule has 2 aromatic heterocycles. The number of aromatic amines is 1. The van der Waals surface area contributed by atoms with Crippen LogP contribution < -0.4 is 5.48 Å². The summed E-state index contributed by atoms with van der Waals surface area (Å²) < 4.78 is 0. The van der Waals surface area contributed by atoms with Crippen molar-refractivity contribution in [1.82, 2.24) is 25.4 Å². The number of hydrogen-bond donors (Lipinski definition) is 4. The van der Waals surface area contributed by atoms with E-state index >= 15 is 0 Å². The van der Waals surface area contributed by atoms with Crippen LogP contribution in [0.2, 0.25) is 0 Å². The fourth-order valence-electron chi connectivity index (χ4n) is 2.48. The Hall–Kier alpha value is -3.13. The Labute approximate surface area is 137 Å². The van der Waals surface area contributed by atoms with Gasteiger partial charge in [0, 0.05) is 12.4 Å². The first-order valence-electron chi connectivity index (χ1n) is 7.44. The van der Waals surface area contributed by atoms with Gasteiger partial charge in [0.25, 0.3) is 5.91 Å². The van der Waals surface area contributed by atoms with E-state index in [1.807, 2.05) is 31.2 Å². The Balaban J connectivity index is 1.89. The van der Waals surface area contributed by atoms with E-state index in [0.29, 0.717) is 12.2 Å². The molecule has 2 heterocycles. The number of rotatable bonds is 5. The number of amides is 1. The van der Waals surface area contributed by atoms with Gasteiger partial charge < -0.3 is 10.4 Å². The van der Waals surface area contributed by atoms with Crippen molar-refractivity contribution in [1.29, 1.82) is 5.41 Å². The smallest absolute Gasteiger partial charge is 0.277 e. The third-order valence-corrected chi connectivity index (χ3v) is 3.75. The van der Waals surface area contributed by atoms with Crippen LogP contribution in [-0.2, 0) is 0 Å². The van der Waals surface area contributed by atoms with Gasteiger partial charge in [-0.2, -0.15) is 0 Å². The van der Waals surface area contributed by atoms with Crippen LogP contribution in [0.5, 0.6) is 0 Å². The average molecular weight is 324 g/mol. The summed E-state index contributed by atoms with van der Waals surface area (Å²) in [6.07, 6.45) is 3.20. The molecule has 122 valence electrons. The van der Waals surface area contributed by atoms with Crippen LogP contribution in [0, 0.1) is 5.41 Å². The molecule has 1 amide bonds. The van der Waals surface area contributed by atoms with Crippen molar-refractivity contribution in [3.63, 3.8) is 0 Å². The minimum absolute atomic E-state index is 0.117. The fraction of sp³-hybridized carbons (Fsp3) is 0.188. The van der Waals surface area contributed by atoms with E-state index in [0.717, 1.165) is 11.0 Å². The zero-order chi connectivity index (χ0) is 17.1. The number of carbonyl (C=O) groups excluding carboxylic acids is 1. The minimum atomic E-state index is -0.697. The van der Waals surface area contributed by atoms with E-state index in [-0.39, 0.29) is 23.0 Å². The minimum Gasteiger partial charge on any atom is -0.341 e. The maximum atomic E-state index is 11.3. The quantitative estimate of drug-likeness (QED) is 0.324. The highest BCUT2D eigenvalue weighted by atomic mass is 16.5. The molecule has 0 aliphatic heterocycles. The second-order valence-corrected chi connectivity index (χ2v) is 5.25. The zero-order valence-electron chi connectivity index (χ0n) is 12.9. The van der Waals surface area contributed by atoms with E-state index < -0.39 is 5.91 Å². The van der Waals surface area contributed by atoms with E-state index in [1.54, 1.807) is 0 Å². The van der Waals surface area contributed by atoms with Gasteiger partial charge in [0.05, 0.1) is 28.2 Å². The van der Waals surface area contributed by atoms with Crippen molar-refractivity contribution in [2.75, 3.05) is 0 Å². The van der Waals surface area contributed by atoms with Crippen LogP contribution in [0.4, 0.5) is 0 Å². The number of carbonyl (C=O) groups is 1. The van der Waals surface area contributed by atoms with Crippen molar-refractivity contribution in [3.8, 4) is 0 Å². The van der Waals surface area contributed by atoms with Crippen LogP contribution in [0.1, 0.15) is 41.3 Å².